The fourth-order valence-corrected chi connectivity index (χ4v) is 1.67. The molecule has 1 unspecified atom stereocenters. The average molecular weight is 266 g/mol. The summed E-state index contributed by atoms with van der Waals surface area (Å²) >= 11 is 0. The van der Waals surface area contributed by atoms with Crippen LogP contribution in [-0.2, 0) is 20.9 Å². The molecule has 0 fully saturated rings. The molecule has 0 aliphatic carbocycles. The number of benzene rings is 1. The van der Waals surface area contributed by atoms with E-state index in [1.807, 2.05) is 30.3 Å². The first-order chi connectivity index (χ1) is 9.03. The van der Waals surface area contributed by atoms with E-state index in [0.29, 0.717) is 26.2 Å². The summed E-state index contributed by atoms with van der Waals surface area (Å²) in [6.07, 6.45) is 0.397. The van der Waals surface area contributed by atoms with E-state index < -0.39 is 5.60 Å². The normalized spacial score (nSPS) is 13.8. The maximum atomic E-state index is 11.3. The third kappa shape index (κ3) is 6.94. The number of rotatable bonds is 8. The molecule has 0 bridgehead atoms. The molecule has 4 heteroatoms. The molecule has 1 aromatic rings. The molecule has 1 atom stereocenters. The zero-order chi connectivity index (χ0) is 14.1. The Morgan fingerprint density at radius 2 is 2.00 bits per heavy atom. The number of carbonyl (C=O) groups excluding carboxylic acids is 1. The number of hydrogen-bond donors (Lipinski definition) is 1. The molecule has 0 radical (unpaired) electrons. The van der Waals surface area contributed by atoms with Gasteiger partial charge in [-0.15, -0.1) is 0 Å². The van der Waals surface area contributed by atoms with Crippen molar-refractivity contribution in [3.05, 3.63) is 35.9 Å². The molecule has 0 aliphatic rings. The van der Waals surface area contributed by atoms with Gasteiger partial charge in [0.15, 0.2) is 0 Å². The molecule has 1 N–H and O–H groups in total. The van der Waals surface area contributed by atoms with Crippen LogP contribution >= 0.6 is 0 Å². The number of carbonyl (C=O) groups is 1. The summed E-state index contributed by atoms with van der Waals surface area (Å²) in [4.78, 5) is 11.3. The molecule has 0 saturated heterocycles. The highest BCUT2D eigenvalue weighted by Crippen LogP contribution is 2.15. The Kier molecular flexibility index (Phi) is 6.53. The van der Waals surface area contributed by atoms with Crippen LogP contribution in [0.5, 0.6) is 0 Å². The Hall–Kier alpha value is -1.39. The maximum absolute atomic E-state index is 11.3. The largest absolute Gasteiger partial charge is 0.466 e. The molecular weight excluding hydrogens is 244 g/mol. The summed E-state index contributed by atoms with van der Waals surface area (Å²) in [6, 6.07) is 9.83. The van der Waals surface area contributed by atoms with E-state index in [1.165, 1.54) is 0 Å². The van der Waals surface area contributed by atoms with Crippen molar-refractivity contribution in [2.24, 2.45) is 0 Å². The standard InChI is InChI=1S/C15H22O4/c1-3-19-14(16)11-15(2,17)9-10-18-12-13-7-5-4-6-8-13/h4-8,17H,3,9-12H2,1-2H3. The zero-order valence-corrected chi connectivity index (χ0v) is 11.6. The Morgan fingerprint density at radius 3 is 2.63 bits per heavy atom. The SMILES string of the molecule is CCOC(=O)CC(C)(O)CCOCc1ccccc1. The van der Waals surface area contributed by atoms with Gasteiger partial charge in [0.25, 0.3) is 0 Å². The second-order valence-electron chi connectivity index (χ2n) is 4.77. The van der Waals surface area contributed by atoms with Crippen molar-refractivity contribution in [1.29, 1.82) is 0 Å². The highest BCUT2D eigenvalue weighted by atomic mass is 16.5. The lowest BCUT2D eigenvalue weighted by Gasteiger charge is -2.21. The molecule has 1 rings (SSSR count). The van der Waals surface area contributed by atoms with Gasteiger partial charge in [0.1, 0.15) is 0 Å². The highest BCUT2D eigenvalue weighted by Gasteiger charge is 2.24. The first kappa shape index (κ1) is 15.7. The zero-order valence-electron chi connectivity index (χ0n) is 11.6. The molecule has 0 amide bonds. The van der Waals surface area contributed by atoms with Gasteiger partial charge in [-0.25, -0.2) is 0 Å². The van der Waals surface area contributed by atoms with Gasteiger partial charge in [-0.2, -0.15) is 0 Å². The predicted octanol–water partition coefficient (Wildman–Crippen LogP) is 2.30. The second-order valence-corrected chi connectivity index (χ2v) is 4.77. The Labute approximate surface area is 114 Å². The van der Waals surface area contributed by atoms with Gasteiger partial charge in [0.2, 0.25) is 0 Å². The molecule has 4 nitrogen and oxygen atoms in total. The van der Waals surface area contributed by atoms with Gasteiger partial charge in [-0.3, -0.25) is 4.79 Å². The lowest BCUT2D eigenvalue weighted by atomic mass is 9.99. The van der Waals surface area contributed by atoms with E-state index in [9.17, 15) is 9.90 Å². The minimum Gasteiger partial charge on any atom is -0.466 e. The topological polar surface area (TPSA) is 55.8 Å². The third-order valence-corrected chi connectivity index (χ3v) is 2.73. The van der Waals surface area contributed by atoms with Crippen molar-refractivity contribution in [3.8, 4) is 0 Å². The second kappa shape index (κ2) is 7.92. The maximum Gasteiger partial charge on any atom is 0.308 e. The monoisotopic (exact) mass is 266 g/mol. The van der Waals surface area contributed by atoms with Gasteiger partial charge < -0.3 is 14.6 Å². The first-order valence-electron chi connectivity index (χ1n) is 6.53. The van der Waals surface area contributed by atoms with Crippen LogP contribution in [0.25, 0.3) is 0 Å². The van der Waals surface area contributed by atoms with E-state index in [2.05, 4.69) is 0 Å². The molecular formula is C15H22O4. The van der Waals surface area contributed by atoms with Gasteiger partial charge in [0.05, 0.1) is 25.2 Å². The Morgan fingerprint density at radius 1 is 1.32 bits per heavy atom. The van der Waals surface area contributed by atoms with Crippen molar-refractivity contribution in [1.82, 2.24) is 0 Å². The van der Waals surface area contributed by atoms with Crippen LogP contribution < -0.4 is 0 Å². The Balaban J connectivity index is 2.22. The van der Waals surface area contributed by atoms with E-state index in [4.69, 9.17) is 9.47 Å². The molecule has 0 spiro atoms. The lowest BCUT2D eigenvalue weighted by Crippen LogP contribution is -2.30. The summed E-state index contributed by atoms with van der Waals surface area (Å²) in [6.45, 7) is 4.61. The highest BCUT2D eigenvalue weighted by molar-refractivity contribution is 5.70. The lowest BCUT2D eigenvalue weighted by molar-refractivity contribution is -0.148. The van der Waals surface area contributed by atoms with Crippen LogP contribution in [0.15, 0.2) is 30.3 Å². The minimum atomic E-state index is -1.08. The first-order valence-corrected chi connectivity index (χ1v) is 6.53. The summed E-state index contributed by atoms with van der Waals surface area (Å²) in [5.41, 5.74) is 0.00990. The molecule has 19 heavy (non-hydrogen) atoms. The van der Waals surface area contributed by atoms with Crippen molar-refractivity contribution in [3.63, 3.8) is 0 Å². The number of aliphatic hydroxyl groups is 1. The smallest absolute Gasteiger partial charge is 0.308 e. The number of hydrogen-bond acceptors (Lipinski definition) is 4. The summed E-state index contributed by atoms with van der Waals surface area (Å²) in [5.74, 6) is -0.379. The van der Waals surface area contributed by atoms with E-state index in [-0.39, 0.29) is 12.4 Å². The molecule has 0 aliphatic heterocycles. The van der Waals surface area contributed by atoms with Gasteiger partial charge >= 0.3 is 5.97 Å². The molecule has 1 aromatic carbocycles. The van der Waals surface area contributed by atoms with Crippen molar-refractivity contribution in [2.45, 2.75) is 38.9 Å². The number of ether oxygens (including phenoxy) is 2. The van der Waals surface area contributed by atoms with E-state index >= 15 is 0 Å². The summed E-state index contributed by atoms with van der Waals surface area (Å²) < 4.78 is 10.3. The number of esters is 1. The summed E-state index contributed by atoms with van der Waals surface area (Å²) in [5, 5.41) is 10.0. The molecule has 0 heterocycles. The van der Waals surface area contributed by atoms with Crippen LogP contribution in [0.3, 0.4) is 0 Å². The van der Waals surface area contributed by atoms with Crippen molar-refractivity contribution >= 4 is 5.97 Å². The fraction of sp³-hybridized carbons (Fsp3) is 0.533. The fourth-order valence-electron chi connectivity index (χ4n) is 1.67. The summed E-state index contributed by atoms with van der Waals surface area (Å²) in [7, 11) is 0. The predicted molar refractivity (Wildman–Crippen MR) is 72.6 cm³/mol. The van der Waals surface area contributed by atoms with Gasteiger partial charge in [-0.1, -0.05) is 30.3 Å². The minimum absolute atomic E-state index is 0.00443. The van der Waals surface area contributed by atoms with Gasteiger partial charge in [0, 0.05) is 6.61 Å². The van der Waals surface area contributed by atoms with E-state index in [1.54, 1.807) is 13.8 Å². The molecule has 106 valence electrons. The van der Waals surface area contributed by atoms with Crippen LogP contribution in [-0.4, -0.2) is 29.9 Å². The van der Waals surface area contributed by atoms with Gasteiger partial charge in [-0.05, 0) is 25.8 Å². The third-order valence-electron chi connectivity index (χ3n) is 2.73. The van der Waals surface area contributed by atoms with Crippen LogP contribution in [0.1, 0.15) is 32.3 Å². The van der Waals surface area contributed by atoms with E-state index in [0.717, 1.165) is 5.56 Å². The van der Waals surface area contributed by atoms with Crippen molar-refractivity contribution in [2.75, 3.05) is 13.2 Å². The van der Waals surface area contributed by atoms with Crippen LogP contribution in [0, 0.1) is 0 Å². The average Bonchev–Trinajstić information content (AvgIpc) is 2.35. The quantitative estimate of drug-likeness (QED) is 0.579. The van der Waals surface area contributed by atoms with Crippen LogP contribution in [0.2, 0.25) is 0 Å². The Bertz CT molecular complexity index is 373. The molecule has 0 saturated carbocycles. The van der Waals surface area contributed by atoms with Crippen molar-refractivity contribution < 1.29 is 19.4 Å². The van der Waals surface area contributed by atoms with Crippen LogP contribution in [0.4, 0.5) is 0 Å². The molecule has 0 aromatic heterocycles.